The molecule has 1 amide bonds. The van der Waals surface area contributed by atoms with Crippen LogP contribution >= 0.6 is 15.9 Å². The lowest BCUT2D eigenvalue weighted by Gasteiger charge is -2.43. The quantitative estimate of drug-likeness (QED) is 0.733. The molecule has 0 aliphatic carbocycles. The number of pyridine rings is 1. The van der Waals surface area contributed by atoms with Crippen LogP contribution in [-0.4, -0.2) is 56.8 Å². The number of likely N-dealkylation sites (tertiary alicyclic amines) is 1. The minimum Gasteiger partial charge on any atom is -0.465 e. The van der Waals surface area contributed by atoms with Crippen molar-refractivity contribution in [1.29, 1.82) is 0 Å². The van der Waals surface area contributed by atoms with Crippen molar-refractivity contribution in [3.8, 4) is 0 Å². The first-order valence-electron chi connectivity index (χ1n) is 9.81. The van der Waals surface area contributed by atoms with Gasteiger partial charge in [-0.1, -0.05) is 15.9 Å². The number of fused-ring (bicyclic) bond motifs is 1. The van der Waals surface area contributed by atoms with E-state index in [0.717, 1.165) is 25.9 Å². The van der Waals surface area contributed by atoms with Crippen molar-refractivity contribution in [3.63, 3.8) is 0 Å². The summed E-state index contributed by atoms with van der Waals surface area (Å²) in [6.07, 6.45) is 0.633. The molecule has 0 bridgehead atoms. The van der Waals surface area contributed by atoms with Crippen LogP contribution in [0.25, 0.3) is 10.9 Å². The number of halogens is 2. The van der Waals surface area contributed by atoms with Gasteiger partial charge in [0.15, 0.2) is 0 Å². The van der Waals surface area contributed by atoms with Crippen molar-refractivity contribution in [2.45, 2.75) is 51.7 Å². The summed E-state index contributed by atoms with van der Waals surface area (Å²) >= 11 is 3.30. The van der Waals surface area contributed by atoms with Crippen molar-refractivity contribution in [3.05, 3.63) is 44.9 Å². The molecule has 2 aromatic rings. The van der Waals surface area contributed by atoms with Crippen LogP contribution in [0.4, 0.5) is 9.18 Å². The zero-order chi connectivity index (χ0) is 21.3. The van der Waals surface area contributed by atoms with Gasteiger partial charge in [0.2, 0.25) is 0 Å². The Morgan fingerprint density at radius 2 is 1.90 bits per heavy atom. The second-order valence-corrected chi connectivity index (χ2v) is 9.46. The fourth-order valence-corrected chi connectivity index (χ4v) is 4.60. The molecule has 3 rings (SSSR count). The van der Waals surface area contributed by atoms with Gasteiger partial charge >= 0.3 is 6.09 Å². The predicted octanol–water partition coefficient (Wildman–Crippen LogP) is 4.15. The Labute approximate surface area is 178 Å². The lowest BCUT2D eigenvalue weighted by molar-refractivity contribution is 0.0417. The number of piperidine rings is 1. The average Bonchev–Trinajstić information content (AvgIpc) is 2.60. The summed E-state index contributed by atoms with van der Waals surface area (Å²) in [6, 6.07) is 6.08. The Balaban J connectivity index is 1.69. The van der Waals surface area contributed by atoms with E-state index in [-0.39, 0.29) is 17.4 Å². The Bertz CT molecular complexity index is 962. The number of hydrogen-bond acceptors (Lipinski definition) is 3. The third kappa shape index (κ3) is 4.80. The van der Waals surface area contributed by atoms with Gasteiger partial charge in [-0.2, -0.15) is 0 Å². The Hall–Kier alpha value is -1.93. The van der Waals surface area contributed by atoms with E-state index < -0.39 is 11.6 Å². The van der Waals surface area contributed by atoms with Crippen LogP contribution in [0.1, 0.15) is 33.6 Å². The molecule has 1 aliphatic heterocycles. The molecule has 2 heterocycles. The van der Waals surface area contributed by atoms with Crippen LogP contribution in [0.15, 0.2) is 33.5 Å². The number of carboxylic acid groups (broad SMARTS) is 1. The summed E-state index contributed by atoms with van der Waals surface area (Å²) in [5, 5.41) is 10.0. The molecule has 1 aromatic heterocycles. The van der Waals surface area contributed by atoms with Crippen molar-refractivity contribution in [2.75, 3.05) is 19.6 Å². The van der Waals surface area contributed by atoms with E-state index in [1.54, 1.807) is 15.5 Å². The van der Waals surface area contributed by atoms with Crippen LogP contribution in [0.2, 0.25) is 0 Å². The molecule has 0 atom stereocenters. The normalized spacial score (nSPS) is 16.3. The molecule has 0 unspecified atom stereocenters. The third-order valence-corrected chi connectivity index (χ3v) is 5.97. The summed E-state index contributed by atoms with van der Waals surface area (Å²) in [7, 11) is 0. The van der Waals surface area contributed by atoms with Crippen molar-refractivity contribution >= 4 is 32.9 Å². The molecule has 1 N–H and O–H groups in total. The first kappa shape index (κ1) is 21.8. The van der Waals surface area contributed by atoms with Gasteiger partial charge in [-0.3, -0.25) is 4.79 Å². The SMILES string of the molecule is CC(C)(C)N(C(=O)O)C1CCN(CCn2c(=O)ccc3c(F)cc(Br)cc32)CC1. The van der Waals surface area contributed by atoms with Gasteiger partial charge < -0.3 is 19.5 Å². The lowest BCUT2D eigenvalue weighted by atomic mass is 9.97. The fourth-order valence-electron chi connectivity index (χ4n) is 4.19. The highest BCUT2D eigenvalue weighted by molar-refractivity contribution is 9.10. The summed E-state index contributed by atoms with van der Waals surface area (Å²) in [5.74, 6) is -0.361. The largest absolute Gasteiger partial charge is 0.465 e. The number of aromatic nitrogens is 1. The van der Waals surface area contributed by atoms with Crippen LogP contribution in [-0.2, 0) is 6.54 Å². The van der Waals surface area contributed by atoms with Gasteiger partial charge in [-0.15, -0.1) is 0 Å². The van der Waals surface area contributed by atoms with Crippen molar-refractivity contribution in [1.82, 2.24) is 14.4 Å². The molecule has 6 nitrogen and oxygen atoms in total. The van der Waals surface area contributed by atoms with E-state index in [1.807, 2.05) is 20.8 Å². The maximum Gasteiger partial charge on any atom is 0.407 e. The van der Waals surface area contributed by atoms with Crippen LogP contribution in [0.5, 0.6) is 0 Å². The number of carbonyl (C=O) groups is 1. The number of hydrogen-bond donors (Lipinski definition) is 1. The molecule has 0 saturated carbocycles. The molecule has 1 aromatic carbocycles. The Morgan fingerprint density at radius 3 is 2.48 bits per heavy atom. The molecule has 158 valence electrons. The summed E-state index contributed by atoms with van der Waals surface area (Å²) < 4.78 is 16.4. The molecule has 1 fully saturated rings. The molecular formula is C21H27BrFN3O3. The number of nitrogens with zero attached hydrogens (tertiary/aromatic N) is 3. The predicted molar refractivity (Wildman–Crippen MR) is 115 cm³/mol. The van der Waals surface area contributed by atoms with E-state index in [9.17, 15) is 19.1 Å². The molecule has 0 radical (unpaired) electrons. The topological polar surface area (TPSA) is 65.8 Å². The average molecular weight is 468 g/mol. The van der Waals surface area contributed by atoms with Crippen LogP contribution in [0, 0.1) is 5.82 Å². The Morgan fingerprint density at radius 1 is 1.24 bits per heavy atom. The molecule has 1 saturated heterocycles. The van der Waals surface area contributed by atoms with Crippen molar-refractivity contribution in [2.24, 2.45) is 0 Å². The second kappa shape index (κ2) is 8.44. The zero-order valence-corrected chi connectivity index (χ0v) is 18.6. The third-order valence-electron chi connectivity index (χ3n) is 5.51. The van der Waals surface area contributed by atoms with E-state index in [2.05, 4.69) is 20.8 Å². The van der Waals surface area contributed by atoms with Gasteiger partial charge in [0.25, 0.3) is 5.56 Å². The highest BCUT2D eigenvalue weighted by atomic mass is 79.9. The van der Waals surface area contributed by atoms with Crippen LogP contribution in [0.3, 0.4) is 0 Å². The fraction of sp³-hybridized carbons (Fsp3) is 0.524. The first-order valence-corrected chi connectivity index (χ1v) is 10.6. The van der Waals surface area contributed by atoms with E-state index in [4.69, 9.17) is 0 Å². The Kier molecular flexibility index (Phi) is 6.33. The number of benzene rings is 1. The van der Waals surface area contributed by atoms with Crippen LogP contribution < -0.4 is 5.56 Å². The molecule has 1 aliphatic rings. The highest BCUT2D eigenvalue weighted by Gasteiger charge is 2.35. The van der Waals surface area contributed by atoms with E-state index in [0.29, 0.717) is 28.5 Å². The highest BCUT2D eigenvalue weighted by Crippen LogP contribution is 2.25. The summed E-state index contributed by atoms with van der Waals surface area (Å²) in [6.45, 7) is 8.39. The minimum atomic E-state index is -0.883. The molecule has 8 heteroatoms. The maximum atomic E-state index is 14.2. The van der Waals surface area contributed by atoms with Gasteiger partial charge in [0, 0.05) is 53.7 Å². The monoisotopic (exact) mass is 467 g/mol. The second-order valence-electron chi connectivity index (χ2n) is 8.54. The maximum absolute atomic E-state index is 14.2. The lowest BCUT2D eigenvalue weighted by Crippen LogP contribution is -2.54. The minimum absolute atomic E-state index is 0.00548. The summed E-state index contributed by atoms with van der Waals surface area (Å²) in [4.78, 5) is 27.9. The standard InChI is InChI=1S/C21H27BrFN3O3/c1-21(2,3)26(20(28)29)15-6-8-24(9-7-15)10-11-25-18-13-14(22)12-17(23)16(18)4-5-19(25)27/h4-5,12-13,15H,6-11H2,1-3H3,(H,28,29). The first-order chi connectivity index (χ1) is 13.6. The molecule has 29 heavy (non-hydrogen) atoms. The smallest absolute Gasteiger partial charge is 0.407 e. The number of rotatable bonds is 4. The number of amides is 1. The molecule has 0 spiro atoms. The zero-order valence-electron chi connectivity index (χ0n) is 17.0. The molecular weight excluding hydrogens is 441 g/mol. The van der Waals surface area contributed by atoms with Gasteiger partial charge in [0.1, 0.15) is 5.82 Å². The van der Waals surface area contributed by atoms with Gasteiger partial charge in [-0.05, 0) is 51.8 Å². The van der Waals surface area contributed by atoms with Gasteiger partial charge in [0.05, 0.1) is 5.52 Å². The van der Waals surface area contributed by atoms with E-state index >= 15 is 0 Å². The summed E-state index contributed by atoms with van der Waals surface area (Å²) in [5.41, 5.74) is -0.0226. The van der Waals surface area contributed by atoms with Gasteiger partial charge in [-0.25, -0.2) is 9.18 Å². The van der Waals surface area contributed by atoms with E-state index in [1.165, 1.54) is 18.2 Å². The van der Waals surface area contributed by atoms with Crippen molar-refractivity contribution < 1.29 is 14.3 Å².